The second-order valence-electron chi connectivity index (χ2n) is 4.74. The monoisotopic (exact) mass is 220 g/mol. The molecule has 1 aliphatic rings. The van der Waals surface area contributed by atoms with Crippen LogP contribution >= 0.6 is 0 Å². The number of aromatic nitrogens is 1. The summed E-state index contributed by atoms with van der Waals surface area (Å²) in [6, 6.07) is 1.52. The van der Waals surface area contributed by atoms with E-state index in [-0.39, 0.29) is 5.56 Å². The highest BCUT2D eigenvalue weighted by Crippen LogP contribution is 2.40. The average molecular weight is 220 g/mol. The Hall–Kier alpha value is -1.58. The number of rotatable bonds is 4. The number of anilines is 1. The predicted molar refractivity (Wildman–Crippen MR) is 61.6 cm³/mol. The van der Waals surface area contributed by atoms with Crippen molar-refractivity contribution < 1.29 is 9.90 Å². The number of nitrogens with zero attached hydrogens (tertiary/aromatic N) is 1. The molecule has 1 aromatic heterocycles. The summed E-state index contributed by atoms with van der Waals surface area (Å²) in [6.45, 7) is 3.04. The minimum atomic E-state index is -0.913. The van der Waals surface area contributed by atoms with Gasteiger partial charge >= 0.3 is 5.97 Å². The molecule has 16 heavy (non-hydrogen) atoms. The summed E-state index contributed by atoms with van der Waals surface area (Å²) < 4.78 is 0. The molecule has 0 spiro atoms. The fraction of sp³-hybridized carbons (Fsp3) is 0.500. The fourth-order valence-corrected chi connectivity index (χ4v) is 1.99. The van der Waals surface area contributed by atoms with Gasteiger partial charge in [-0.1, -0.05) is 13.3 Å². The maximum atomic E-state index is 11.0. The molecule has 0 atom stereocenters. The summed E-state index contributed by atoms with van der Waals surface area (Å²) >= 11 is 0. The number of carbonyl (C=O) groups is 1. The van der Waals surface area contributed by atoms with Crippen molar-refractivity contribution in [2.45, 2.75) is 26.2 Å². The van der Waals surface area contributed by atoms with Crippen molar-refractivity contribution in [1.29, 1.82) is 0 Å². The Morgan fingerprint density at radius 1 is 1.62 bits per heavy atom. The molecule has 0 aromatic carbocycles. The first kappa shape index (κ1) is 10.9. The molecule has 4 heteroatoms. The van der Waals surface area contributed by atoms with E-state index in [0.717, 1.165) is 6.54 Å². The smallest absolute Gasteiger partial charge is 0.337 e. The average Bonchev–Trinajstić information content (AvgIpc) is 2.24. The van der Waals surface area contributed by atoms with Gasteiger partial charge in [0.2, 0.25) is 0 Å². The lowest BCUT2D eigenvalue weighted by Crippen LogP contribution is -2.33. The lowest BCUT2D eigenvalue weighted by Gasteiger charge is -2.38. The second-order valence-corrected chi connectivity index (χ2v) is 4.74. The van der Waals surface area contributed by atoms with Crippen LogP contribution in [0.3, 0.4) is 0 Å². The molecule has 1 saturated carbocycles. The second kappa shape index (κ2) is 4.12. The van der Waals surface area contributed by atoms with Crippen LogP contribution in [0.4, 0.5) is 5.69 Å². The van der Waals surface area contributed by atoms with Crippen LogP contribution in [0.5, 0.6) is 0 Å². The van der Waals surface area contributed by atoms with Gasteiger partial charge in [-0.3, -0.25) is 4.98 Å². The van der Waals surface area contributed by atoms with Gasteiger partial charge in [0.1, 0.15) is 0 Å². The lowest BCUT2D eigenvalue weighted by atomic mass is 9.70. The van der Waals surface area contributed by atoms with Crippen LogP contribution in [0.2, 0.25) is 0 Å². The molecule has 0 saturated heterocycles. The highest BCUT2D eigenvalue weighted by Gasteiger charge is 2.31. The summed E-state index contributed by atoms with van der Waals surface area (Å²) in [5.74, 6) is -0.913. The maximum absolute atomic E-state index is 11.0. The van der Waals surface area contributed by atoms with Gasteiger partial charge in [0.05, 0.1) is 17.4 Å². The lowest BCUT2D eigenvalue weighted by molar-refractivity contribution is 0.0697. The first-order valence-corrected chi connectivity index (χ1v) is 5.52. The third-order valence-electron chi connectivity index (χ3n) is 3.32. The molecule has 0 unspecified atom stereocenters. The molecular weight excluding hydrogens is 204 g/mol. The van der Waals surface area contributed by atoms with E-state index in [0.29, 0.717) is 11.1 Å². The van der Waals surface area contributed by atoms with Crippen LogP contribution in [0.15, 0.2) is 18.5 Å². The van der Waals surface area contributed by atoms with Crippen molar-refractivity contribution in [2.24, 2.45) is 5.41 Å². The minimum absolute atomic E-state index is 0.290. The summed E-state index contributed by atoms with van der Waals surface area (Å²) in [7, 11) is 0. The van der Waals surface area contributed by atoms with E-state index in [1.54, 1.807) is 6.20 Å². The molecule has 1 aliphatic carbocycles. The van der Waals surface area contributed by atoms with Crippen molar-refractivity contribution in [3.05, 3.63) is 24.0 Å². The summed E-state index contributed by atoms with van der Waals surface area (Å²) in [6.07, 6.45) is 6.77. The highest BCUT2D eigenvalue weighted by atomic mass is 16.4. The number of hydrogen-bond acceptors (Lipinski definition) is 3. The van der Waals surface area contributed by atoms with Gasteiger partial charge in [0.15, 0.2) is 0 Å². The molecular formula is C12H16N2O2. The fourth-order valence-electron chi connectivity index (χ4n) is 1.99. The third kappa shape index (κ3) is 2.15. The van der Waals surface area contributed by atoms with Crippen molar-refractivity contribution in [2.75, 3.05) is 11.9 Å². The molecule has 86 valence electrons. The van der Waals surface area contributed by atoms with Gasteiger partial charge in [0.25, 0.3) is 0 Å². The number of pyridine rings is 1. The topological polar surface area (TPSA) is 62.2 Å². The SMILES string of the molecule is CC1(CNc2cnccc2C(=O)O)CCC1. The Balaban J connectivity index is 2.06. The van der Waals surface area contributed by atoms with Gasteiger partial charge in [0, 0.05) is 12.7 Å². The zero-order chi connectivity index (χ0) is 11.6. The first-order chi connectivity index (χ1) is 7.61. The number of nitrogens with one attached hydrogen (secondary N) is 1. The summed E-state index contributed by atoms with van der Waals surface area (Å²) in [5.41, 5.74) is 1.23. The van der Waals surface area contributed by atoms with Crippen LogP contribution < -0.4 is 5.32 Å². The van der Waals surface area contributed by atoms with Crippen LogP contribution in [0, 0.1) is 5.41 Å². The maximum Gasteiger partial charge on any atom is 0.337 e. The molecule has 0 radical (unpaired) electrons. The third-order valence-corrected chi connectivity index (χ3v) is 3.32. The molecule has 0 aliphatic heterocycles. The Labute approximate surface area is 94.7 Å². The van der Waals surface area contributed by atoms with E-state index in [2.05, 4.69) is 17.2 Å². The quantitative estimate of drug-likeness (QED) is 0.817. The minimum Gasteiger partial charge on any atom is -0.478 e. The summed E-state index contributed by atoms with van der Waals surface area (Å²) in [5, 5.41) is 12.2. The van der Waals surface area contributed by atoms with E-state index in [1.165, 1.54) is 31.5 Å². The van der Waals surface area contributed by atoms with E-state index < -0.39 is 5.97 Å². The Kier molecular flexibility index (Phi) is 2.81. The number of hydrogen-bond donors (Lipinski definition) is 2. The normalized spacial score (nSPS) is 17.6. The van der Waals surface area contributed by atoms with Crippen molar-refractivity contribution in [3.63, 3.8) is 0 Å². The number of carboxylic acids is 1. The van der Waals surface area contributed by atoms with E-state index in [1.807, 2.05) is 0 Å². The molecule has 4 nitrogen and oxygen atoms in total. The van der Waals surface area contributed by atoms with Crippen molar-refractivity contribution in [1.82, 2.24) is 4.98 Å². The van der Waals surface area contributed by atoms with Gasteiger partial charge in [-0.2, -0.15) is 0 Å². The zero-order valence-electron chi connectivity index (χ0n) is 9.36. The van der Waals surface area contributed by atoms with Gasteiger partial charge in [-0.25, -0.2) is 4.79 Å². The molecule has 0 amide bonds. The molecule has 2 rings (SSSR count). The van der Waals surface area contributed by atoms with Crippen molar-refractivity contribution >= 4 is 11.7 Å². The number of aromatic carboxylic acids is 1. The zero-order valence-corrected chi connectivity index (χ0v) is 9.36. The van der Waals surface area contributed by atoms with Crippen LogP contribution in [0.25, 0.3) is 0 Å². The molecule has 1 aromatic rings. The van der Waals surface area contributed by atoms with Crippen LogP contribution in [-0.2, 0) is 0 Å². The van der Waals surface area contributed by atoms with E-state index in [4.69, 9.17) is 5.11 Å². The van der Waals surface area contributed by atoms with Gasteiger partial charge < -0.3 is 10.4 Å². The highest BCUT2D eigenvalue weighted by molar-refractivity contribution is 5.93. The summed E-state index contributed by atoms with van der Waals surface area (Å²) in [4.78, 5) is 14.9. The van der Waals surface area contributed by atoms with Gasteiger partial charge in [-0.05, 0) is 24.3 Å². The first-order valence-electron chi connectivity index (χ1n) is 5.52. The largest absolute Gasteiger partial charge is 0.478 e. The molecule has 1 heterocycles. The van der Waals surface area contributed by atoms with E-state index in [9.17, 15) is 4.79 Å². The Morgan fingerprint density at radius 3 is 2.94 bits per heavy atom. The molecule has 0 bridgehead atoms. The predicted octanol–water partition coefficient (Wildman–Crippen LogP) is 2.38. The van der Waals surface area contributed by atoms with Crippen molar-refractivity contribution in [3.8, 4) is 0 Å². The van der Waals surface area contributed by atoms with Gasteiger partial charge in [-0.15, -0.1) is 0 Å². The Morgan fingerprint density at radius 2 is 2.38 bits per heavy atom. The molecule has 1 fully saturated rings. The Bertz CT molecular complexity index is 400. The van der Waals surface area contributed by atoms with Crippen LogP contribution in [-0.4, -0.2) is 22.6 Å². The van der Waals surface area contributed by atoms with E-state index >= 15 is 0 Å². The number of carboxylic acid groups (broad SMARTS) is 1. The standard InChI is InChI=1S/C12H16N2O2/c1-12(4-2-5-12)8-14-10-7-13-6-3-9(10)11(15)16/h3,6-7,14H,2,4-5,8H2,1H3,(H,15,16). The molecule has 2 N–H and O–H groups in total. The van der Waals surface area contributed by atoms with Crippen LogP contribution in [0.1, 0.15) is 36.5 Å².